The minimum absolute atomic E-state index is 0.602. The first kappa shape index (κ1) is 9.11. The second-order valence-electron chi connectivity index (χ2n) is 2.20. The summed E-state index contributed by atoms with van der Waals surface area (Å²) in [5.41, 5.74) is 1.26. The van der Waals surface area contributed by atoms with Crippen molar-refractivity contribution in [3.8, 4) is 6.07 Å². The lowest BCUT2D eigenvalue weighted by Gasteiger charge is -2.00. The summed E-state index contributed by atoms with van der Waals surface area (Å²) in [6.07, 6.45) is 1.92. The molecule has 0 aromatic heterocycles. The predicted octanol–water partition coefficient (Wildman–Crippen LogP) is 2.16. The lowest BCUT2D eigenvalue weighted by atomic mass is 10.1. The zero-order chi connectivity index (χ0) is 8.97. The molecule has 1 radical (unpaired) electrons. The third kappa shape index (κ3) is 1.79. The van der Waals surface area contributed by atoms with Gasteiger partial charge >= 0.3 is 0 Å². The molecule has 1 N–H and O–H groups in total. The molecule has 0 fully saturated rings. The van der Waals surface area contributed by atoms with Crippen molar-refractivity contribution < 1.29 is 5.11 Å². The van der Waals surface area contributed by atoms with Gasteiger partial charge in [-0.15, -0.1) is 11.8 Å². The van der Waals surface area contributed by atoms with Crippen molar-refractivity contribution >= 4 is 11.8 Å². The van der Waals surface area contributed by atoms with Crippen molar-refractivity contribution in [2.75, 3.05) is 6.26 Å². The van der Waals surface area contributed by atoms with Crippen LogP contribution in [0.3, 0.4) is 0 Å². The Balaban J connectivity index is 3.13. The Labute approximate surface area is 75.8 Å². The number of hydrogen-bond acceptors (Lipinski definition) is 3. The molecular weight excluding hydrogens is 170 g/mol. The van der Waals surface area contributed by atoms with Crippen LogP contribution in [0.1, 0.15) is 11.1 Å². The number of hydrogen-bond donors (Lipinski definition) is 1. The number of aliphatic hydroxyl groups is 1. The van der Waals surface area contributed by atoms with Gasteiger partial charge in [0.25, 0.3) is 0 Å². The molecule has 0 aliphatic heterocycles. The molecule has 0 amide bonds. The van der Waals surface area contributed by atoms with Gasteiger partial charge in [0.1, 0.15) is 12.7 Å². The third-order valence-corrected chi connectivity index (χ3v) is 2.29. The first-order valence-corrected chi connectivity index (χ1v) is 4.60. The molecule has 2 nitrogen and oxygen atoms in total. The molecule has 0 atom stereocenters. The van der Waals surface area contributed by atoms with Gasteiger partial charge in [-0.2, -0.15) is 5.26 Å². The molecule has 3 heteroatoms. The van der Waals surface area contributed by atoms with Gasteiger partial charge in [-0.3, -0.25) is 0 Å². The summed E-state index contributed by atoms with van der Waals surface area (Å²) in [6, 6.07) is 7.32. The van der Waals surface area contributed by atoms with Crippen LogP contribution in [-0.2, 0) is 0 Å². The summed E-state index contributed by atoms with van der Waals surface area (Å²) < 4.78 is 0. The maximum atomic E-state index is 8.71. The van der Waals surface area contributed by atoms with Gasteiger partial charge in [-0.1, -0.05) is 6.07 Å². The van der Waals surface area contributed by atoms with Gasteiger partial charge in [0.05, 0.1) is 5.56 Å². The summed E-state index contributed by atoms with van der Waals surface area (Å²) in [6.45, 7) is 0.991. The standard InChI is InChI=1S/C9H8NOS/c1-12-9-3-2-7(6-11)4-8(9)5-10/h2-4,6,11H,1H3. The van der Waals surface area contributed by atoms with E-state index < -0.39 is 0 Å². The van der Waals surface area contributed by atoms with E-state index in [0.29, 0.717) is 11.1 Å². The van der Waals surface area contributed by atoms with Crippen molar-refractivity contribution in [3.63, 3.8) is 0 Å². The van der Waals surface area contributed by atoms with Gasteiger partial charge in [0.2, 0.25) is 0 Å². The van der Waals surface area contributed by atoms with Crippen molar-refractivity contribution in [3.05, 3.63) is 35.9 Å². The Kier molecular flexibility index (Phi) is 3.15. The fraction of sp³-hybridized carbons (Fsp3) is 0.111. The highest BCUT2D eigenvalue weighted by Gasteiger charge is 2.01. The molecule has 0 saturated carbocycles. The van der Waals surface area contributed by atoms with Crippen LogP contribution in [0.4, 0.5) is 0 Å². The fourth-order valence-corrected chi connectivity index (χ4v) is 1.42. The Morgan fingerprint density at radius 3 is 2.83 bits per heavy atom. The second kappa shape index (κ2) is 4.15. The van der Waals surface area contributed by atoms with Crippen LogP contribution in [0.5, 0.6) is 0 Å². The van der Waals surface area contributed by atoms with Crippen LogP contribution in [-0.4, -0.2) is 11.4 Å². The molecule has 0 unspecified atom stereocenters. The highest BCUT2D eigenvalue weighted by atomic mass is 32.2. The molecule has 0 spiro atoms. The number of aliphatic hydroxyl groups excluding tert-OH is 1. The summed E-state index contributed by atoms with van der Waals surface area (Å²) in [5.74, 6) is 0. The largest absolute Gasteiger partial charge is 0.385 e. The SMILES string of the molecule is CSc1ccc([CH]O)cc1C#N. The third-order valence-electron chi connectivity index (χ3n) is 1.49. The minimum atomic E-state index is 0.602. The van der Waals surface area contributed by atoms with Crippen LogP contribution in [0.15, 0.2) is 23.1 Å². The van der Waals surface area contributed by atoms with E-state index in [1.54, 1.807) is 12.1 Å². The first-order chi connectivity index (χ1) is 5.81. The second-order valence-corrected chi connectivity index (χ2v) is 3.05. The maximum Gasteiger partial charge on any atom is 0.109 e. The number of rotatable bonds is 2. The summed E-state index contributed by atoms with van der Waals surface area (Å²) in [7, 11) is 0. The van der Waals surface area contributed by atoms with Crippen molar-refractivity contribution in [2.24, 2.45) is 0 Å². The number of benzene rings is 1. The van der Waals surface area contributed by atoms with Crippen LogP contribution in [0.2, 0.25) is 0 Å². The van der Waals surface area contributed by atoms with E-state index in [4.69, 9.17) is 10.4 Å². The summed E-state index contributed by atoms with van der Waals surface area (Å²) in [5, 5.41) is 17.4. The Morgan fingerprint density at radius 1 is 1.58 bits per heavy atom. The van der Waals surface area contributed by atoms with E-state index in [-0.39, 0.29) is 0 Å². The van der Waals surface area contributed by atoms with Gasteiger partial charge in [0.15, 0.2) is 0 Å². The van der Waals surface area contributed by atoms with Crippen molar-refractivity contribution in [2.45, 2.75) is 4.90 Å². The van der Waals surface area contributed by atoms with E-state index >= 15 is 0 Å². The molecular formula is C9H8NOS. The van der Waals surface area contributed by atoms with E-state index in [2.05, 4.69) is 6.07 Å². The first-order valence-electron chi connectivity index (χ1n) is 3.37. The molecule has 0 heterocycles. The lowest BCUT2D eigenvalue weighted by Crippen LogP contribution is -1.85. The number of nitrogens with zero attached hydrogens (tertiary/aromatic N) is 1. The topological polar surface area (TPSA) is 44.0 Å². The van der Waals surface area contributed by atoms with E-state index in [1.165, 1.54) is 11.8 Å². The molecule has 0 bridgehead atoms. The smallest absolute Gasteiger partial charge is 0.109 e. The zero-order valence-corrected chi connectivity index (χ0v) is 7.43. The molecule has 12 heavy (non-hydrogen) atoms. The van der Waals surface area contributed by atoms with Gasteiger partial charge in [-0.05, 0) is 24.0 Å². The average Bonchev–Trinajstić information content (AvgIpc) is 2.16. The van der Waals surface area contributed by atoms with Crippen LogP contribution in [0, 0.1) is 17.9 Å². The molecule has 0 aliphatic carbocycles. The van der Waals surface area contributed by atoms with Gasteiger partial charge in [-0.25, -0.2) is 0 Å². The molecule has 0 aliphatic rings. The fourth-order valence-electron chi connectivity index (χ4n) is 0.893. The number of nitriles is 1. The zero-order valence-electron chi connectivity index (χ0n) is 6.61. The average molecular weight is 178 g/mol. The quantitative estimate of drug-likeness (QED) is 0.706. The Hall–Kier alpha value is -0.980. The molecule has 61 valence electrons. The molecule has 1 aromatic rings. The van der Waals surface area contributed by atoms with Gasteiger partial charge < -0.3 is 5.11 Å². The normalized spacial score (nSPS) is 9.42. The van der Waals surface area contributed by atoms with E-state index in [0.717, 1.165) is 11.5 Å². The highest BCUT2D eigenvalue weighted by Crippen LogP contribution is 2.20. The maximum absolute atomic E-state index is 8.71. The molecule has 1 aromatic carbocycles. The predicted molar refractivity (Wildman–Crippen MR) is 48.3 cm³/mol. The van der Waals surface area contributed by atoms with Gasteiger partial charge in [0, 0.05) is 4.90 Å². The summed E-state index contributed by atoms with van der Waals surface area (Å²) in [4.78, 5) is 0.933. The van der Waals surface area contributed by atoms with E-state index in [9.17, 15) is 0 Å². The minimum Gasteiger partial charge on any atom is -0.385 e. The van der Waals surface area contributed by atoms with Crippen LogP contribution in [0.25, 0.3) is 0 Å². The van der Waals surface area contributed by atoms with Crippen molar-refractivity contribution in [1.82, 2.24) is 0 Å². The Morgan fingerprint density at radius 2 is 2.33 bits per heavy atom. The van der Waals surface area contributed by atoms with Crippen molar-refractivity contribution in [1.29, 1.82) is 5.26 Å². The molecule has 1 rings (SSSR count). The number of thioether (sulfide) groups is 1. The molecule has 0 saturated heterocycles. The summed E-state index contributed by atoms with van der Waals surface area (Å²) >= 11 is 1.52. The Bertz CT molecular complexity index is 317. The highest BCUT2D eigenvalue weighted by molar-refractivity contribution is 7.98. The lowest BCUT2D eigenvalue weighted by molar-refractivity contribution is 0.415. The van der Waals surface area contributed by atoms with Crippen LogP contribution < -0.4 is 0 Å². The van der Waals surface area contributed by atoms with Crippen LogP contribution >= 0.6 is 11.8 Å². The monoisotopic (exact) mass is 178 g/mol. The van der Waals surface area contributed by atoms with E-state index in [1.807, 2.05) is 12.3 Å².